The standard InChI is InChI=1S/C16H25N3O2/c1-11-6-12(2)9-19(8-11)10-14-7-13(16(17)18-20)4-5-15(14)21-3/h4-5,7,11-12,20H,6,8-10H2,1-3H3,(H2,17,18). The Morgan fingerprint density at radius 1 is 1.38 bits per heavy atom. The molecule has 1 aromatic carbocycles. The van der Waals surface area contributed by atoms with E-state index in [9.17, 15) is 0 Å². The summed E-state index contributed by atoms with van der Waals surface area (Å²) < 4.78 is 5.44. The number of methoxy groups -OCH3 is 1. The van der Waals surface area contributed by atoms with Crippen molar-refractivity contribution in [3.8, 4) is 5.75 Å². The van der Waals surface area contributed by atoms with Crippen molar-refractivity contribution in [2.45, 2.75) is 26.8 Å². The van der Waals surface area contributed by atoms with Gasteiger partial charge in [0.1, 0.15) is 5.75 Å². The van der Waals surface area contributed by atoms with Crippen LogP contribution in [0.15, 0.2) is 23.4 Å². The Kier molecular flexibility index (Phi) is 5.07. The molecule has 1 fully saturated rings. The summed E-state index contributed by atoms with van der Waals surface area (Å²) in [5.41, 5.74) is 7.46. The topological polar surface area (TPSA) is 71.1 Å². The third-order valence-corrected chi connectivity index (χ3v) is 4.02. The van der Waals surface area contributed by atoms with Gasteiger partial charge in [-0.25, -0.2) is 0 Å². The average Bonchev–Trinajstić information content (AvgIpc) is 2.45. The number of hydrogen-bond acceptors (Lipinski definition) is 4. The van der Waals surface area contributed by atoms with Crippen molar-refractivity contribution in [3.05, 3.63) is 29.3 Å². The van der Waals surface area contributed by atoms with Gasteiger partial charge in [0.05, 0.1) is 7.11 Å². The molecular formula is C16H25N3O2. The van der Waals surface area contributed by atoms with Gasteiger partial charge in [-0.2, -0.15) is 0 Å². The molecule has 0 bridgehead atoms. The van der Waals surface area contributed by atoms with Crippen molar-refractivity contribution in [3.63, 3.8) is 0 Å². The van der Waals surface area contributed by atoms with E-state index in [4.69, 9.17) is 15.7 Å². The van der Waals surface area contributed by atoms with Gasteiger partial charge in [0.15, 0.2) is 5.84 Å². The van der Waals surface area contributed by atoms with Crippen LogP contribution in [-0.4, -0.2) is 36.1 Å². The van der Waals surface area contributed by atoms with E-state index in [1.807, 2.05) is 12.1 Å². The Bertz CT molecular complexity index is 506. The molecule has 0 radical (unpaired) electrons. The first-order valence-electron chi connectivity index (χ1n) is 7.40. The Labute approximate surface area is 126 Å². The van der Waals surface area contributed by atoms with Crippen LogP contribution in [0.2, 0.25) is 0 Å². The minimum atomic E-state index is 0.124. The van der Waals surface area contributed by atoms with E-state index < -0.39 is 0 Å². The molecule has 3 N–H and O–H groups in total. The zero-order chi connectivity index (χ0) is 15.4. The SMILES string of the molecule is COc1ccc(/C(N)=N/O)cc1CN1CC(C)CC(C)C1. The molecule has 0 aromatic heterocycles. The second-order valence-electron chi connectivity index (χ2n) is 6.15. The normalized spacial score (nSPS) is 24.0. The average molecular weight is 291 g/mol. The van der Waals surface area contributed by atoms with Gasteiger partial charge in [0.2, 0.25) is 0 Å². The van der Waals surface area contributed by atoms with Crippen molar-refractivity contribution >= 4 is 5.84 Å². The van der Waals surface area contributed by atoms with Gasteiger partial charge in [-0.15, -0.1) is 0 Å². The molecule has 0 spiro atoms. The maximum absolute atomic E-state index is 8.82. The maximum atomic E-state index is 8.82. The van der Waals surface area contributed by atoms with Crippen molar-refractivity contribution < 1.29 is 9.94 Å². The summed E-state index contributed by atoms with van der Waals surface area (Å²) >= 11 is 0. The van der Waals surface area contributed by atoms with E-state index in [-0.39, 0.29) is 5.84 Å². The molecule has 2 rings (SSSR count). The highest BCUT2D eigenvalue weighted by molar-refractivity contribution is 5.97. The van der Waals surface area contributed by atoms with Crippen LogP contribution in [0.1, 0.15) is 31.4 Å². The quantitative estimate of drug-likeness (QED) is 0.386. The minimum Gasteiger partial charge on any atom is -0.496 e. The predicted octanol–water partition coefficient (Wildman–Crippen LogP) is 2.27. The molecule has 0 amide bonds. The highest BCUT2D eigenvalue weighted by atomic mass is 16.5. The molecule has 1 aromatic rings. The van der Waals surface area contributed by atoms with Crippen molar-refractivity contribution in [2.75, 3.05) is 20.2 Å². The van der Waals surface area contributed by atoms with Gasteiger partial charge in [-0.3, -0.25) is 4.90 Å². The van der Waals surface area contributed by atoms with Crippen LogP contribution in [0.5, 0.6) is 5.75 Å². The summed E-state index contributed by atoms with van der Waals surface area (Å²) in [5.74, 6) is 2.40. The van der Waals surface area contributed by atoms with Gasteiger partial charge in [-0.1, -0.05) is 19.0 Å². The Balaban J connectivity index is 2.21. The molecule has 116 valence electrons. The number of nitrogens with two attached hydrogens (primary N) is 1. The number of rotatable bonds is 4. The summed E-state index contributed by atoms with van der Waals surface area (Å²) in [6, 6.07) is 5.62. The van der Waals surface area contributed by atoms with E-state index >= 15 is 0 Å². The summed E-state index contributed by atoms with van der Waals surface area (Å²) in [7, 11) is 1.67. The molecule has 0 saturated carbocycles. The maximum Gasteiger partial charge on any atom is 0.170 e. The fourth-order valence-corrected chi connectivity index (χ4v) is 3.28. The molecule has 1 aliphatic rings. The van der Waals surface area contributed by atoms with Gasteiger partial charge >= 0.3 is 0 Å². The van der Waals surface area contributed by atoms with E-state index in [2.05, 4.69) is 23.9 Å². The summed E-state index contributed by atoms with van der Waals surface area (Å²) in [6.45, 7) is 7.62. The number of benzene rings is 1. The molecule has 1 aliphatic heterocycles. The monoisotopic (exact) mass is 291 g/mol. The molecule has 5 heteroatoms. The molecule has 1 heterocycles. The van der Waals surface area contributed by atoms with Crippen LogP contribution in [0.3, 0.4) is 0 Å². The van der Waals surface area contributed by atoms with Crippen molar-refractivity contribution in [2.24, 2.45) is 22.7 Å². The van der Waals surface area contributed by atoms with Gasteiger partial charge in [-0.05, 0) is 36.5 Å². The van der Waals surface area contributed by atoms with Crippen LogP contribution >= 0.6 is 0 Å². The first kappa shape index (κ1) is 15.6. The number of piperidine rings is 1. The van der Waals surface area contributed by atoms with Gasteiger partial charge < -0.3 is 15.7 Å². The first-order chi connectivity index (χ1) is 10.0. The van der Waals surface area contributed by atoms with Crippen LogP contribution in [0.4, 0.5) is 0 Å². The number of oxime groups is 1. The number of hydrogen-bond donors (Lipinski definition) is 2. The first-order valence-corrected chi connectivity index (χ1v) is 7.40. The largest absolute Gasteiger partial charge is 0.496 e. The minimum absolute atomic E-state index is 0.124. The zero-order valence-electron chi connectivity index (χ0n) is 13.0. The molecule has 2 unspecified atom stereocenters. The summed E-state index contributed by atoms with van der Waals surface area (Å²) in [5, 5.41) is 11.9. The van der Waals surface area contributed by atoms with E-state index in [1.165, 1.54) is 6.42 Å². The second-order valence-corrected chi connectivity index (χ2v) is 6.15. The lowest BCUT2D eigenvalue weighted by Gasteiger charge is -2.35. The number of nitrogens with zero attached hydrogens (tertiary/aromatic N) is 2. The van der Waals surface area contributed by atoms with Gasteiger partial charge in [0.25, 0.3) is 0 Å². The Hall–Kier alpha value is -1.75. The summed E-state index contributed by atoms with van der Waals surface area (Å²) in [4.78, 5) is 2.45. The Morgan fingerprint density at radius 3 is 2.62 bits per heavy atom. The van der Waals surface area contributed by atoms with E-state index in [0.717, 1.165) is 30.9 Å². The molecule has 21 heavy (non-hydrogen) atoms. The molecule has 0 aliphatic carbocycles. The van der Waals surface area contributed by atoms with Crippen LogP contribution < -0.4 is 10.5 Å². The molecule has 2 atom stereocenters. The predicted molar refractivity (Wildman–Crippen MR) is 83.7 cm³/mol. The third-order valence-electron chi connectivity index (χ3n) is 4.02. The lowest BCUT2D eigenvalue weighted by atomic mass is 9.91. The number of likely N-dealkylation sites (tertiary alicyclic amines) is 1. The van der Waals surface area contributed by atoms with E-state index in [0.29, 0.717) is 17.4 Å². The zero-order valence-corrected chi connectivity index (χ0v) is 13.0. The van der Waals surface area contributed by atoms with Crippen molar-refractivity contribution in [1.29, 1.82) is 0 Å². The van der Waals surface area contributed by atoms with Crippen LogP contribution in [0, 0.1) is 11.8 Å². The van der Waals surface area contributed by atoms with E-state index in [1.54, 1.807) is 13.2 Å². The third kappa shape index (κ3) is 3.88. The number of amidine groups is 1. The molecule has 1 saturated heterocycles. The van der Waals surface area contributed by atoms with Crippen LogP contribution in [0.25, 0.3) is 0 Å². The molecular weight excluding hydrogens is 266 g/mol. The van der Waals surface area contributed by atoms with Crippen molar-refractivity contribution in [1.82, 2.24) is 4.90 Å². The second kappa shape index (κ2) is 6.80. The number of ether oxygens (including phenoxy) is 1. The smallest absolute Gasteiger partial charge is 0.170 e. The molecule has 5 nitrogen and oxygen atoms in total. The highest BCUT2D eigenvalue weighted by Gasteiger charge is 2.22. The summed E-state index contributed by atoms with van der Waals surface area (Å²) in [6.07, 6.45) is 1.29. The lowest BCUT2D eigenvalue weighted by molar-refractivity contribution is 0.133. The van der Waals surface area contributed by atoms with Crippen LogP contribution in [-0.2, 0) is 6.54 Å². The van der Waals surface area contributed by atoms with Gasteiger partial charge in [0, 0.05) is 30.8 Å². The fourth-order valence-electron chi connectivity index (χ4n) is 3.28. The highest BCUT2D eigenvalue weighted by Crippen LogP contribution is 2.26. The fraction of sp³-hybridized carbons (Fsp3) is 0.562. The Morgan fingerprint density at radius 2 is 2.05 bits per heavy atom. The lowest BCUT2D eigenvalue weighted by Crippen LogP contribution is -2.38.